The number of hydrogen-bond acceptors (Lipinski definition) is 5. The zero-order valence-corrected chi connectivity index (χ0v) is 17.5. The second-order valence-corrected chi connectivity index (χ2v) is 7.71. The maximum absolute atomic E-state index is 12.6. The van der Waals surface area contributed by atoms with Crippen molar-refractivity contribution in [2.75, 3.05) is 20.5 Å². The number of thioether (sulfide) groups is 1. The predicted octanol–water partition coefficient (Wildman–Crippen LogP) is 3.75. The Hall–Kier alpha value is -2.69. The highest BCUT2D eigenvalue weighted by Gasteiger charge is 2.16. The van der Waals surface area contributed by atoms with E-state index in [2.05, 4.69) is 10.9 Å². The summed E-state index contributed by atoms with van der Waals surface area (Å²) in [5.74, 6) is 3.74. The van der Waals surface area contributed by atoms with Crippen molar-refractivity contribution in [2.45, 2.75) is 17.9 Å². The number of carbonyl (C=O) groups excluding carboxylic acids is 1. The molecule has 144 valence electrons. The molecule has 0 aliphatic heterocycles. The van der Waals surface area contributed by atoms with Gasteiger partial charge in [-0.15, -0.1) is 18.2 Å². The minimum absolute atomic E-state index is 0.229. The molecule has 1 heterocycles. The molecule has 0 aliphatic rings. The Kier molecular flexibility index (Phi) is 6.45. The van der Waals surface area contributed by atoms with Gasteiger partial charge in [-0.1, -0.05) is 29.4 Å². The molecule has 0 unspecified atom stereocenters. The number of benzene rings is 2. The third-order valence-electron chi connectivity index (χ3n) is 4.18. The first-order valence-corrected chi connectivity index (χ1v) is 10.5. The van der Waals surface area contributed by atoms with E-state index in [1.54, 1.807) is 26.0 Å². The molecule has 0 atom stereocenters. The molecule has 0 aliphatic carbocycles. The van der Waals surface area contributed by atoms with Crippen LogP contribution in [0.25, 0.3) is 10.2 Å². The van der Waals surface area contributed by atoms with Gasteiger partial charge in [-0.2, -0.15) is 4.99 Å². The van der Waals surface area contributed by atoms with Crippen LogP contribution in [-0.2, 0) is 17.8 Å². The minimum Gasteiger partial charge on any atom is -0.495 e. The molecule has 1 aromatic heterocycles. The number of fused-ring (bicyclic) bond motifs is 1. The van der Waals surface area contributed by atoms with Gasteiger partial charge in [-0.25, -0.2) is 0 Å². The fourth-order valence-corrected chi connectivity index (χ4v) is 4.41. The summed E-state index contributed by atoms with van der Waals surface area (Å²) in [5.41, 5.74) is 1.70. The molecule has 3 rings (SSSR count). The third-order valence-corrected chi connectivity index (χ3v) is 6.01. The lowest BCUT2D eigenvalue weighted by Crippen LogP contribution is -2.17. The summed E-state index contributed by atoms with van der Waals surface area (Å²) in [5, 5.41) is 0. The van der Waals surface area contributed by atoms with Gasteiger partial charge in [0.15, 0.2) is 4.80 Å². The number of ether oxygens (including phenoxy) is 2. The van der Waals surface area contributed by atoms with E-state index in [4.69, 9.17) is 15.9 Å². The maximum atomic E-state index is 12.6. The first-order chi connectivity index (χ1) is 13.6. The summed E-state index contributed by atoms with van der Waals surface area (Å²) >= 11 is 3.02. The van der Waals surface area contributed by atoms with Crippen LogP contribution < -0.4 is 14.3 Å². The maximum Gasteiger partial charge on any atom is 0.252 e. The molecule has 1 amide bonds. The number of amides is 1. The van der Waals surface area contributed by atoms with Gasteiger partial charge in [0.1, 0.15) is 21.7 Å². The Morgan fingerprint density at radius 2 is 1.86 bits per heavy atom. The Balaban J connectivity index is 2.06. The highest BCUT2D eigenvalue weighted by molar-refractivity contribution is 7.98. The van der Waals surface area contributed by atoms with Crippen LogP contribution in [0.4, 0.5) is 0 Å². The summed E-state index contributed by atoms with van der Waals surface area (Å²) in [7, 11) is 3.20. The zero-order valence-electron chi connectivity index (χ0n) is 15.9. The Bertz CT molecular complexity index is 1110. The van der Waals surface area contributed by atoms with E-state index in [0.717, 1.165) is 20.7 Å². The lowest BCUT2D eigenvalue weighted by Gasteiger charge is -2.08. The van der Waals surface area contributed by atoms with Crippen molar-refractivity contribution < 1.29 is 14.3 Å². The molecule has 0 radical (unpaired) electrons. The van der Waals surface area contributed by atoms with E-state index in [1.165, 1.54) is 11.3 Å². The largest absolute Gasteiger partial charge is 0.495 e. The second kappa shape index (κ2) is 9.00. The molecular weight excluding hydrogens is 392 g/mol. The molecule has 0 bridgehead atoms. The van der Waals surface area contributed by atoms with E-state index in [1.807, 2.05) is 47.2 Å². The lowest BCUT2D eigenvalue weighted by molar-refractivity contribution is -0.117. The average molecular weight is 413 g/mol. The summed E-state index contributed by atoms with van der Waals surface area (Å²) < 4.78 is 13.6. The molecule has 7 heteroatoms. The van der Waals surface area contributed by atoms with Crippen molar-refractivity contribution in [2.24, 2.45) is 4.99 Å². The highest BCUT2D eigenvalue weighted by Crippen LogP contribution is 2.35. The van der Waals surface area contributed by atoms with Crippen LogP contribution in [0.15, 0.2) is 46.3 Å². The van der Waals surface area contributed by atoms with Crippen molar-refractivity contribution in [1.82, 2.24) is 4.57 Å². The number of methoxy groups -OCH3 is 2. The van der Waals surface area contributed by atoms with E-state index >= 15 is 0 Å². The fraction of sp³-hybridized carbons (Fsp3) is 0.238. The van der Waals surface area contributed by atoms with Crippen LogP contribution in [-0.4, -0.2) is 30.9 Å². The van der Waals surface area contributed by atoms with Crippen molar-refractivity contribution >= 4 is 39.2 Å². The highest BCUT2D eigenvalue weighted by atomic mass is 32.2. The van der Waals surface area contributed by atoms with Gasteiger partial charge in [-0.05, 0) is 36.1 Å². The van der Waals surface area contributed by atoms with Crippen LogP contribution in [0.1, 0.15) is 5.56 Å². The molecule has 2 aromatic carbocycles. The number of terminal acetylenes is 1. The molecule has 0 spiro atoms. The van der Waals surface area contributed by atoms with E-state index < -0.39 is 0 Å². The van der Waals surface area contributed by atoms with Gasteiger partial charge in [0.2, 0.25) is 0 Å². The molecule has 0 fully saturated rings. The predicted molar refractivity (Wildman–Crippen MR) is 114 cm³/mol. The first-order valence-electron chi connectivity index (χ1n) is 8.49. The number of rotatable bonds is 6. The summed E-state index contributed by atoms with van der Waals surface area (Å²) in [6.07, 6.45) is 7.80. The number of hydrogen-bond donors (Lipinski definition) is 0. The topological polar surface area (TPSA) is 52.8 Å². The number of nitrogens with zero attached hydrogens (tertiary/aromatic N) is 2. The monoisotopic (exact) mass is 412 g/mol. The Morgan fingerprint density at radius 1 is 1.18 bits per heavy atom. The quantitative estimate of drug-likeness (QED) is 0.457. The number of aromatic nitrogens is 1. The smallest absolute Gasteiger partial charge is 0.252 e. The second-order valence-electron chi connectivity index (χ2n) is 5.85. The van der Waals surface area contributed by atoms with Crippen molar-refractivity contribution in [3.8, 4) is 23.8 Å². The van der Waals surface area contributed by atoms with Gasteiger partial charge >= 0.3 is 0 Å². The van der Waals surface area contributed by atoms with Gasteiger partial charge in [0.25, 0.3) is 5.91 Å². The molecular formula is C21H20N2O3S2. The summed E-state index contributed by atoms with van der Waals surface area (Å²) in [4.78, 5) is 18.6. The van der Waals surface area contributed by atoms with E-state index in [9.17, 15) is 4.79 Å². The number of thiazole rings is 1. The third kappa shape index (κ3) is 4.08. The molecule has 0 N–H and O–H groups in total. The van der Waals surface area contributed by atoms with Crippen LogP contribution >= 0.6 is 23.1 Å². The number of carbonyl (C=O) groups is 1. The van der Waals surface area contributed by atoms with Crippen LogP contribution in [0, 0.1) is 12.3 Å². The van der Waals surface area contributed by atoms with Gasteiger partial charge in [0, 0.05) is 4.90 Å². The zero-order chi connectivity index (χ0) is 20.1. The first kappa shape index (κ1) is 20.1. The van der Waals surface area contributed by atoms with Crippen molar-refractivity contribution in [1.29, 1.82) is 0 Å². The van der Waals surface area contributed by atoms with Crippen LogP contribution in [0.5, 0.6) is 11.5 Å². The molecule has 3 aromatic rings. The standard InChI is InChI=1S/C21H20N2O3S2/c1-5-12-23-19-16(25-2)10-11-17(26-3)20(19)28-21(23)22-18(24)13-14-6-8-15(27-4)9-7-14/h1,6-11H,12-13H2,2-4H3. The van der Waals surface area contributed by atoms with E-state index in [0.29, 0.717) is 16.3 Å². The molecule has 0 saturated heterocycles. The SMILES string of the molecule is C#CCn1c(=NC(=O)Cc2ccc(SC)cc2)sc2c(OC)ccc(OC)c21. The minimum atomic E-state index is -0.229. The normalized spacial score (nSPS) is 11.4. The summed E-state index contributed by atoms with van der Waals surface area (Å²) in [6.45, 7) is 0.276. The Morgan fingerprint density at radius 3 is 2.46 bits per heavy atom. The molecule has 28 heavy (non-hydrogen) atoms. The van der Waals surface area contributed by atoms with Crippen molar-refractivity contribution in [3.63, 3.8) is 0 Å². The van der Waals surface area contributed by atoms with Gasteiger partial charge < -0.3 is 14.0 Å². The van der Waals surface area contributed by atoms with Gasteiger partial charge in [0.05, 0.1) is 27.2 Å². The fourth-order valence-electron chi connectivity index (χ4n) is 2.84. The van der Waals surface area contributed by atoms with Crippen LogP contribution in [0.2, 0.25) is 0 Å². The van der Waals surface area contributed by atoms with Gasteiger partial charge in [-0.3, -0.25) is 4.79 Å². The van der Waals surface area contributed by atoms with Crippen LogP contribution in [0.3, 0.4) is 0 Å². The average Bonchev–Trinajstić information content (AvgIpc) is 3.06. The summed E-state index contributed by atoms with van der Waals surface area (Å²) in [6, 6.07) is 11.6. The van der Waals surface area contributed by atoms with E-state index in [-0.39, 0.29) is 18.9 Å². The van der Waals surface area contributed by atoms with Crippen molar-refractivity contribution in [3.05, 3.63) is 46.8 Å². The molecule has 0 saturated carbocycles. The Labute approximate surface area is 172 Å². The molecule has 5 nitrogen and oxygen atoms in total. The lowest BCUT2D eigenvalue weighted by atomic mass is 10.1.